The molecular formula is C16H18FN3O2S. The minimum absolute atomic E-state index is 0.0601. The molecule has 122 valence electrons. The van der Waals surface area contributed by atoms with Crippen LogP contribution in [0.15, 0.2) is 36.5 Å². The lowest BCUT2D eigenvalue weighted by molar-refractivity contribution is -0.139. The van der Waals surface area contributed by atoms with Crippen LogP contribution in [0, 0.1) is 11.7 Å². The van der Waals surface area contributed by atoms with Gasteiger partial charge in [-0.3, -0.25) is 4.79 Å². The molecule has 5 nitrogen and oxygen atoms in total. The van der Waals surface area contributed by atoms with E-state index >= 15 is 0 Å². The third kappa shape index (κ3) is 3.35. The van der Waals surface area contributed by atoms with Gasteiger partial charge in [0.25, 0.3) is 0 Å². The minimum Gasteiger partial charge on any atom is -0.378 e. The molecule has 0 unspecified atom stereocenters. The van der Waals surface area contributed by atoms with Gasteiger partial charge in [-0.1, -0.05) is 18.7 Å². The maximum Gasteiger partial charge on any atom is 0.234 e. The summed E-state index contributed by atoms with van der Waals surface area (Å²) < 4.78 is 18.9. The van der Waals surface area contributed by atoms with Gasteiger partial charge in [-0.25, -0.2) is 4.39 Å². The van der Waals surface area contributed by atoms with Crippen molar-refractivity contribution in [2.45, 2.75) is 6.04 Å². The second-order valence-corrected chi connectivity index (χ2v) is 5.98. The van der Waals surface area contributed by atoms with Gasteiger partial charge in [-0.2, -0.15) is 0 Å². The molecule has 7 heteroatoms. The summed E-state index contributed by atoms with van der Waals surface area (Å²) in [4.78, 5) is 14.7. The Hall–Kier alpha value is -1.99. The summed E-state index contributed by atoms with van der Waals surface area (Å²) in [7, 11) is 0. The number of rotatable bonds is 2. The van der Waals surface area contributed by atoms with Crippen molar-refractivity contribution in [2.24, 2.45) is 5.92 Å². The average molecular weight is 335 g/mol. The minimum atomic E-state index is -0.554. The molecule has 1 aromatic rings. The Balaban J connectivity index is 1.91. The molecule has 0 radical (unpaired) electrons. The van der Waals surface area contributed by atoms with Crippen LogP contribution in [0.1, 0.15) is 11.6 Å². The number of benzene rings is 1. The van der Waals surface area contributed by atoms with E-state index in [2.05, 4.69) is 17.2 Å². The number of thiocarbonyl (C=S) groups is 1. The molecule has 1 aromatic carbocycles. The van der Waals surface area contributed by atoms with Gasteiger partial charge in [0.15, 0.2) is 5.11 Å². The Morgan fingerprint density at radius 2 is 2.13 bits per heavy atom. The molecule has 23 heavy (non-hydrogen) atoms. The van der Waals surface area contributed by atoms with E-state index in [4.69, 9.17) is 17.0 Å². The number of nitrogens with one attached hydrogen (secondary N) is 2. The molecule has 3 rings (SSSR count). The van der Waals surface area contributed by atoms with Gasteiger partial charge < -0.3 is 20.3 Å². The van der Waals surface area contributed by atoms with Crippen LogP contribution in [0.2, 0.25) is 0 Å². The van der Waals surface area contributed by atoms with Gasteiger partial charge in [0, 0.05) is 18.8 Å². The van der Waals surface area contributed by atoms with Gasteiger partial charge in [-0.05, 0) is 29.9 Å². The summed E-state index contributed by atoms with van der Waals surface area (Å²) in [5.74, 6) is -0.964. The van der Waals surface area contributed by atoms with Crippen molar-refractivity contribution in [3.8, 4) is 0 Å². The highest BCUT2D eigenvalue weighted by molar-refractivity contribution is 7.80. The molecule has 1 amide bonds. The molecule has 0 aromatic heterocycles. The monoisotopic (exact) mass is 335 g/mol. The van der Waals surface area contributed by atoms with E-state index in [1.807, 2.05) is 0 Å². The number of hydrogen-bond donors (Lipinski definition) is 2. The number of halogens is 1. The lowest BCUT2D eigenvalue weighted by atomic mass is 9.87. The summed E-state index contributed by atoms with van der Waals surface area (Å²) in [5.41, 5.74) is 1.20. The topological polar surface area (TPSA) is 53.6 Å². The van der Waals surface area contributed by atoms with E-state index in [1.165, 1.54) is 12.1 Å². The second kappa shape index (κ2) is 6.64. The molecule has 2 atom stereocenters. The standard InChI is InChI=1S/C16H18FN3O2S/c1-10-13(15(21)20-5-7-22-8-6-20)14(19-16(23)18-10)11-3-2-4-12(17)9-11/h2-4,9,13-14H,1,5-8H2,(H2,18,19,23)/t13-,14-/m1/s1. The predicted molar refractivity (Wildman–Crippen MR) is 88.0 cm³/mol. The summed E-state index contributed by atoms with van der Waals surface area (Å²) >= 11 is 5.17. The molecule has 2 heterocycles. The lowest BCUT2D eigenvalue weighted by Gasteiger charge is -2.39. The Labute approximate surface area is 139 Å². The summed E-state index contributed by atoms with van der Waals surface area (Å²) in [5, 5.41) is 6.38. The van der Waals surface area contributed by atoms with E-state index in [0.29, 0.717) is 42.7 Å². The van der Waals surface area contributed by atoms with Crippen LogP contribution < -0.4 is 10.6 Å². The number of morpholine rings is 1. The highest BCUT2D eigenvalue weighted by Crippen LogP contribution is 2.31. The van der Waals surface area contributed by atoms with Crippen molar-refractivity contribution in [3.63, 3.8) is 0 Å². The Morgan fingerprint density at radius 1 is 1.39 bits per heavy atom. The molecule has 0 aliphatic carbocycles. The van der Waals surface area contributed by atoms with Crippen LogP contribution in [-0.2, 0) is 9.53 Å². The van der Waals surface area contributed by atoms with E-state index < -0.39 is 12.0 Å². The van der Waals surface area contributed by atoms with Crippen molar-refractivity contribution in [1.82, 2.24) is 15.5 Å². The number of hydrogen-bond acceptors (Lipinski definition) is 3. The van der Waals surface area contributed by atoms with Gasteiger partial charge in [0.1, 0.15) is 11.7 Å². The molecule has 0 spiro atoms. The number of carbonyl (C=O) groups excluding carboxylic acids is 1. The zero-order valence-electron chi connectivity index (χ0n) is 12.5. The fourth-order valence-corrected chi connectivity index (χ4v) is 3.19. The van der Waals surface area contributed by atoms with E-state index in [1.54, 1.807) is 17.0 Å². The molecule has 2 N–H and O–H groups in total. The van der Waals surface area contributed by atoms with Crippen LogP contribution >= 0.6 is 12.2 Å². The smallest absolute Gasteiger partial charge is 0.234 e. The van der Waals surface area contributed by atoms with Crippen molar-refractivity contribution in [1.29, 1.82) is 0 Å². The largest absolute Gasteiger partial charge is 0.378 e. The first kappa shape index (κ1) is 15.9. The highest BCUT2D eigenvalue weighted by atomic mass is 32.1. The van der Waals surface area contributed by atoms with Crippen molar-refractivity contribution >= 4 is 23.2 Å². The fraction of sp³-hybridized carbons (Fsp3) is 0.375. The summed E-state index contributed by atoms with van der Waals surface area (Å²) in [6.07, 6.45) is 0. The molecule has 2 aliphatic rings. The SMILES string of the molecule is C=C1NC(=S)N[C@H](c2cccc(F)c2)[C@@H]1C(=O)N1CCOCC1. The van der Waals surface area contributed by atoms with Crippen molar-refractivity contribution < 1.29 is 13.9 Å². The number of ether oxygens (including phenoxy) is 1. The first-order chi connectivity index (χ1) is 11.1. The number of carbonyl (C=O) groups is 1. The van der Waals surface area contributed by atoms with Crippen LogP contribution in [0.25, 0.3) is 0 Å². The summed E-state index contributed by atoms with van der Waals surface area (Å²) in [6, 6.07) is 5.75. The number of amides is 1. The molecule has 0 saturated carbocycles. The predicted octanol–water partition coefficient (Wildman–Crippen LogP) is 1.33. The first-order valence-corrected chi connectivity index (χ1v) is 7.85. The fourth-order valence-electron chi connectivity index (χ4n) is 2.93. The van der Waals surface area contributed by atoms with Gasteiger partial charge in [-0.15, -0.1) is 0 Å². The molecule has 2 fully saturated rings. The van der Waals surface area contributed by atoms with E-state index in [0.717, 1.165) is 0 Å². The lowest BCUT2D eigenvalue weighted by Crippen LogP contribution is -2.55. The van der Waals surface area contributed by atoms with Crippen LogP contribution in [0.3, 0.4) is 0 Å². The normalized spacial score (nSPS) is 24.8. The maximum absolute atomic E-state index is 13.6. The van der Waals surface area contributed by atoms with Crippen LogP contribution in [0.5, 0.6) is 0 Å². The van der Waals surface area contributed by atoms with Crippen molar-refractivity contribution in [2.75, 3.05) is 26.3 Å². The average Bonchev–Trinajstić information content (AvgIpc) is 2.54. The second-order valence-electron chi connectivity index (χ2n) is 5.57. The van der Waals surface area contributed by atoms with Gasteiger partial charge in [0.2, 0.25) is 5.91 Å². The zero-order chi connectivity index (χ0) is 16.4. The van der Waals surface area contributed by atoms with Gasteiger partial charge in [0.05, 0.1) is 19.3 Å². The Bertz CT molecular complexity index is 646. The van der Waals surface area contributed by atoms with Crippen LogP contribution in [0.4, 0.5) is 4.39 Å². The molecular weight excluding hydrogens is 317 g/mol. The highest BCUT2D eigenvalue weighted by Gasteiger charge is 2.39. The van der Waals surface area contributed by atoms with Crippen molar-refractivity contribution in [3.05, 3.63) is 47.9 Å². The van der Waals surface area contributed by atoms with Gasteiger partial charge >= 0.3 is 0 Å². The molecule has 2 saturated heterocycles. The number of nitrogens with zero attached hydrogens (tertiary/aromatic N) is 1. The molecule has 2 aliphatic heterocycles. The molecule has 0 bridgehead atoms. The quantitative estimate of drug-likeness (QED) is 0.799. The van der Waals surface area contributed by atoms with E-state index in [9.17, 15) is 9.18 Å². The first-order valence-electron chi connectivity index (χ1n) is 7.44. The summed E-state index contributed by atoms with van der Waals surface area (Å²) in [6.45, 7) is 6.08. The van der Waals surface area contributed by atoms with E-state index in [-0.39, 0.29) is 11.7 Å². The third-order valence-electron chi connectivity index (χ3n) is 4.07. The maximum atomic E-state index is 13.6. The Morgan fingerprint density at radius 3 is 2.83 bits per heavy atom. The Kier molecular flexibility index (Phi) is 4.58. The van der Waals surface area contributed by atoms with Crippen LogP contribution in [-0.4, -0.2) is 42.2 Å². The third-order valence-corrected chi connectivity index (χ3v) is 4.29. The zero-order valence-corrected chi connectivity index (χ0v) is 13.4.